The molecule has 0 bridgehead atoms. The summed E-state index contributed by atoms with van der Waals surface area (Å²) >= 11 is 0. The second-order valence-electron chi connectivity index (χ2n) is 7.99. The highest BCUT2D eigenvalue weighted by atomic mass is 16.4. The molecule has 5 nitrogen and oxygen atoms in total. The first-order valence-corrected chi connectivity index (χ1v) is 9.38. The van der Waals surface area contributed by atoms with Gasteiger partial charge in [0, 0.05) is 29.7 Å². The SMILES string of the molecule is O=C(O)[C@H]1C2C[C@H]3c4[nH]c5ccccc5c4CCN3C[C@@H]2CC[C@@H]1O. The highest BCUT2D eigenvalue weighted by Crippen LogP contribution is 2.49. The van der Waals surface area contributed by atoms with Crippen LogP contribution in [0.4, 0.5) is 0 Å². The number of carboxylic acid groups (broad SMARTS) is 1. The zero-order chi connectivity index (χ0) is 17.1. The van der Waals surface area contributed by atoms with Gasteiger partial charge in [0.25, 0.3) is 0 Å². The summed E-state index contributed by atoms with van der Waals surface area (Å²) in [5.41, 5.74) is 3.85. The highest BCUT2D eigenvalue weighted by molar-refractivity contribution is 5.85. The Hall–Kier alpha value is -1.85. The normalized spacial score (nSPS) is 35.0. The monoisotopic (exact) mass is 340 g/mol. The number of benzene rings is 1. The third-order valence-electron chi connectivity index (χ3n) is 6.83. The van der Waals surface area contributed by atoms with Crippen molar-refractivity contribution in [3.8, 4) is 0 Å². The maximum absolute atomic E-state index is 11.8. The Bertz CT molecular complexity index is 829. The van der Waals surface area contributed by atoms with Crippen molar-refractivity contribution < 1.29 is 15.0 Å². The second-order valence-corrected chi connectivity index (χ2v) is 7.99. The van der Waals surface area contributed by atoms with Crippen molar-refractivity contribution in [3.63, 3.8) is 0 Å². The number of aliphatic carboxylic acids is 1. The van der Waals surface area contributed by atoms with E-state index in [4.69, 9.17) is 0 Å². The minimum absolute atomic E-state index is 0.0693. The zero-order valence-electron chi connectivity index (χ0n) is 14.2. The fraction of sp³-hybridized carbons (Fsp3) is 0.550. The highest BCUT2D eigenvalue weighted by Gasteiger charge is 2.49. The second kappa shape index (κ2) is 5.58. The van der Waals surface area contributed by atoms with E-state index in [1.807, 2.05) is 0 Å². The number of aliphatic hydroxyl groups is 1. The van der Waals surface area contributed by atoms with Crippen LogP contribution in [-0.4, -0.2) is 45.3 Å². The van der Waals surface area contributed by atoms with Gasteiger partial charge in [-0.15, -0.1) is 0 Å². The van der Waals surface area contributed by atoms with E-state index in [-0.39, 0.29) is 12.0 Å². The predicted octanol–water partition coefficient (Wildman–Crippen LogP) is 2.56. The first-order chi connectivity index (χ1) is 12.1. The lowest BCUT2D eigenvalue weighted by Gasteiger charge is -2.50. The number of aliphatic hydroxyl groups excluding tert-OH is 1. The maximum Gasteiger partial charge on any atom is 0.309 e. The van der Waals surface area contributed by atoms with Gasteiger partial charge in [0.1, 0.15) is 0 Å². The van der Waals surface area contributed by atoms with Crippen molar-refractivity contribution in [3.05, 3.63) is 35.5 Å². The van der Waals surface area contributed by atoms with Gasteiger partial charge in [0.2, 0.25) is 0 Å². The molecule has 2 fully saturated rings. The van der Waals surface area contributed by atoms with Gasteiger partial charge in [-0.1, -0.05) is 18.2 Å². The smallest absolute Gasteiger partial charge is 0.309 e. The lowest BCUT2D eigenvalue weighted by molar-refractivity contribution is -0.156. The van der Waals surface area contributed by atoms with Crippen LogP contribution in [0.15, 0.2) is 24.3 Å². The number of fused-ring (bicyclic) bond motifs is 6. The molecule has 2 aliphatic heterocycles. The molecule has 3 heterocycles. The Morgan fingerprint density at radius 2 is 2.08 bits per heavy atom. The number of piperidine rings is 1. The Morgan fingerprint density at radius 3 is 2.92 bits per heavy atom. The summed E-state index contributed by atoms with van der Waals surface area (Å²) in [7, 11) is 0. The van der Waals surface area contributed by atoms with Crippen LogP contribution in [0, 0.1) is 17.8 Å². The molecule has 1 saturated heterocycles. The van der Waals surface area contributed by atoms with Crippen molar-refractivity contribution >= 4 is 16.9 Å². The Labute approximate surface area is 146 Å². The van der Waals surface area contributed by atoms with Crippen LogP contribution in [0.2, 0.25) is 0 Å². The van der Waals surface area contributed by atoms with E-state index in [0.717, 1.165) is 32.4 Å². The van der Waals surface area contributed by atoms with Gasteiger partial charge < -0.3 is 15.2 Å². The molecule has 1 aromatic heterocycles. The number of nitrogens with one attached hydrogen (secondary N) is 1. The van der Waals surface area contributed by atoms with E-state index < -0.39 is 18.0 Å². The topological polar surface area (TPSA) is 76.6 Å². The number of nitrogens with zero attached hydrogens (tertiary/aromatic N) is 1. The molecule has 25 heavy (non-hydrogen) atoms. The van der Waals surface area contributed by atoms with Crippen LogP contribution in [0.25, 0.3) is 10.9 Å². The molecule has 0 radical (unpaired) electrons. The van der Waals surface area contributed by atoms with Crippen molar-refractivity contribution in [2.45, 2.75) is 37.8 Å². The van der Waals surface area contributed by atoms with Crippen LogP contribution >= 0.6 is 0 Å². The summed E-state index contributed by atoms with van der Waals surface area (Å²) in [6.45, 7) is 2.00. The minimum atomic E-state index is -0.830. The standard InChI is InChI=1S/C20H24N2O3/c23-17-6-5-11-10-22-8-7-13-12-3-1-2-4-15(12)21-19(13)16(22)9-14(11)18(17)20(24)25/h1-4,11,14,16-18,21,23H,5-10H2,(H,24,25)/t11-,14?,16-,17-,18-/m0/s1. The van der Waals surface area contributed by atoms with Crippen LogP contribution in [0.1, 0.15) is 36.6 Å². The van der Waals surface area contributed by atoms with E-state index in [2.05, 4.69) is 34.1 Å². The molecule has 1 unspecified atom stereocenters. The molecule has 1 aliphatic carbocycles. The van der Waals surface area contributed by atoms with Crippen molar-refractivity contribution in [1.82, 2.24) is 9.88 Å². The Balaban J connectivity index is 1.54. The fourth-order valence-corrected chi connectivity index (χ4v) is 5.68. The number of carbonyl (C=O) groups is 1. The minimum Gasteiger partial charge on any atom is -0.481 e. The van der Waals surface area contributed by atoms with Gasteiger partial charge in [0.15, 0.2) is 0 Å². The van der Waals surface area contributed by atoms with Crippen molar-refractivity contribution in [2.24, 2.45) is 17.8 Å². The molecular formula is C20H24N2O3. The maximum atomic E-state index is 11.8. The summed E-state index contributed by atoms with van der Waals surface area (Å²) in [6.07, 6.45) is 2.75. The van der Waals surface area contributed by atoms with Gasteiger partial charge in [-0.3, -0.25) is 9.69 Å². The fourth-order valence-electron chi connectivity index (χ4n) is 5.68. The van der Waals surface area contributed by atoms with Crippen LogP contribution < -0.4 is 0 Å². The molecule has 2 aromatic rings. The molecule has 132 valence electrons. The number of aromatic amines is 1. The van der Waals surface area contributed by atoms with Gasteiger partial charge in [-0.25, -0.2) is 0 Å². The van der Waals surface area contributed by atoms with E-state index in [9.17, 15) is 15.0 Å². The zero-order valence-corrected chi connectivity index (χ0v) is 14.2. The number of aromatic nitrogens is 1. The third kappa shape index (κ3) is 2.26. The van der Waals surface area contributed by atoms with Crippen molar-refractivity contribution in [1.29, 1.82) is 0 Å². The number of hydrogen-bond donors (Lipinski definition) is 3. The summed E-state index contributed by atoms with van der Waals surface area (Å²) in [4.78, 5) is 17.9. The van der Waals surface area contributed by atoms with E-state index in [0.29, 0.717) is 12.3 Å². The van der Waals surface area contributed by atoms with Gasteiger partial charge in [-0.2, -0.15) is 0 Å². The quantitative estimate of drug-likeness (QED) is 0.746. The Morgan fingerprint density at radius 1 is 1.24 bits per heavy atom. The largest absolute Gasteiger partial charge is 0.481 e. The lowest BCUT2D eigenvalue weighted by atomic mass is 9.65. The van der Waals surface area contributed by atoms with Crippen molar-refractivity contribution in [2.75, 3.05) is 13.1 Å². The van der Waals surface area contributed by atoms with Gasteiger partial charge in [-0.05, 0) is 49.1 Å². The van der Waals surface area contributed by atoms with Crippen LogP contribution in [0.5, 0.6) is 0 Å². The summed E-state index contributed by atoms with van der Waals surface area (Å²) < 4.78 is 0. The molecule has 3 aliphatic rings. The van der Waals surface area contributed by atoms with Crippen LogP contribution in [0.3, 0.4) is 0 Å². The average molecular weight is 340 g/mol. The molecule has 3 N–H and O–H groups in total. The molecule has 0 amide bonds. The first-order valence-electron chi connectivity index (χ1n) is 9.38. The number of H-pyrrole nitrogens is 1. The molecule has 5 rings (SSSR count). The van der Waals surface area contributed by atoms with E-state index >= 15 is 0 Å². The summed E-state index contributed by atoms with van der Waals surface area (Å²) in [5.74, 6) is -0.981. The van der Waals surface area contributed by atoms with E-state index in [1.54, 1.807) is 0 Å². The average Bonchev–Trinajstić information content (AvgIpc) is 2.99. The number of hydrogen-bond acceptors (Lipinski definition) is 3. The van der Waals surface area contributed by atoms with Gasteiger partial charge >= 0.3 is 5.97 Å². The number of rotatable bonds is 1. The number of carboxylic acids is 1. The van der Waals surface area contributed by atoms with Gasteiger partial charge in [0.05, 0.1) is 18.1 Å². The Kier molecular flexibility index (Phi) is 3.44. The molecular weight excluding hydrogens is 316 g/mol. The molecule has 1 aromatic carbocycles. The van der Waals surface area contributed by atoms with E-state index in [1.165, 1.54) is 22.2 Å². The lowest BCUT2D eigenvalue weighted by Crippen LogP contribution is -2.53. The number of para-hydroxylation sites is 1. The molecule has 1 saturated carbocycles. The molecule has 5 atom stereocenters. The molecule has 0 spiro atoms. The van der Waals surface area contributed by atoms with Crippen LogP contribution in [-0.2, 0) is 11.2 Å². The summed E-state index contributed by atoms with van der Waals surface area (Å²) in [6, 6.07) is 8.68. The predicted molar refractivity (Wildman–Crippen MR) is 94.3 cm³/mol. The molecule has 5 heteroatoms. The first kappa shape index (κ1) is 15.4. The summed E-state index contributed by atoms with van der Waals surface area (Å²) in [5, 5.41) is 21.3. The third-order valence-corrected chi connectivity index (χ3v) is 6.83.